The molecule has 7 nitrogen and oxygen atoms in total. The summed E-state index contributed by atoms with van der Waals surface area (Å²) in [5, 5.41) is 18.2. The Morgan fingerprint density at radius 1 is 0.941 bits per heavy atom. The third kappa shape index (κ3) is 8.61. The molecule has 1 saturated carbocycles. The zero-order chi connectivity index (χ0) is 24.9. The lowest BCUT2D eigenvalue weighted by Crippen LogP contribution is -2.31. The monoisotopic (exact) mass is 474 g/mol. The standard InChI is InChI=1S/C27H38O7/c1-4-5-14-32-25-12-10-22(11-13-25)21-6-8-23(9-7-21)24(17-33-26(30)19(2)15-28)18-34-27(31)20(3)16-29/h10-13,21,23-24,28-29H,2-9,14-18H2,1H3. The molecule has 0 heterocycles. The van der Waals surface area contributed by atoms with Gasteiger partial charge in [0.05, 0.1) is 44.2 Å². The van der Waals surface area contributed by atoms with Crippen molar-refractivity contribution in [3.05, 3.63) is 54.1 Å². The number of unbranched alkanes of at least 4 members (excludes halogenated alkanes) is 1. The fourth-order valence-corrected chi connectivity index (χ4v) is 4.11. The Morgan fingerprint density at radius 2 is 1.47 bits per heavy atom. The van der Waals surface area contributed by atoms with Gasteiger partial charge >= 0.3 is 11.9 Å². The summed E-state index contributed by atoms with van der Waals surface area (Å²) < 4.78 is 16.4. The van der Waals surface area contributed by atoms with E-state index in [1.807, 2.05) is 12.1 Å². The van der Waals surface area contributed by atoms with Crippen LogP contribution in [0.1, 0.15) is 56.9 Å². The number of rotatable bonds is 14. The predicted molar refractivity (Wildman–Crippen MR) is 129 cm³/mol. The fourth-order valence-electron chi connectivity index (χ4n) is 4.11. The van der Waals surface area contributed by atoms with Gasteiger partial charge in [-0.1, -0.05) is 38.6 Å². The summed E-state index contributed by atoms with van der Waals surface area (Å²) in [7, 11) is 0. The van der Waals surface area contributed by atoms with E-state index in [1.165, 1.54) is 5.56 Å². The predicted octanol–water partition coefficient (Wildman–Crippen LogP) is 3.94. The summed E-state index contributed by atoms with van der Waals surface area (Å²) in [4.78, 5) is 23.9. The van der Waals surface area contributed by atoms with Crippen LogP contribution < -0.4 is 4.74 Å². The van der Waals surface area contributed by atoms with Crippen LogP contribution in [0.3, 0.4) is 0 Å². The third-order valence-corrected chi connectivity index (χ3v) is 6.37. The normalized spacial score (nSPS) is 17.8. The number of benzene rings is 1. The van der Waals surface area contributed by atoms with Gasteiger partial charge < -0.3 is 24.4 Å². The molecule has 0 aromatic heterocycles. The van der Waals surface area contributed by atoms with Crippen molar-refractivity contribution < 1.29 is 34.0 Å². The van der Waals surface area contributed by atoms with Crippen molar-refractivity contribution in [3.63, 3.8) is 0 Å². The molecule has 188 valence electrons. The lowest BCUT2D eigenvalue weighted by atomic mass is 9.74. The molecule has 34 heavy (non-hydrogen) atoms. The van der Waals surface area contributed by atoms with E-state index in [9.17, 15) is 9.59 Å². The fraction of sp³-hybridized carbons (Fsp3) is 0.556. The number of ether oxygens (including phenoxy) is 3. The number of carbonyl (C=O) groups is 2. The Hall–Kier alpha value is -2.64. The molecule has 2 rings (SSSR count). The number of esters is 2. The van der Waals surface area contributed by atoms with Crippen LogP contribution in [0.15, 0.2) is 48.6 Å². The lowest BCUT2D eigenvalue weighted by molar-refractivity contribution is -0.146. The van der Waals surface area contributed by atoms with E-state index >= 15 is 0 Å². The minimum Gasteiger partial charge on any atom is -0.494 e. The molecule has 1 aromatic rings. The van der Waals surface area contributed by atoms with E-state index in [2.05, 4.69) is 32.2 Å². The molecule has 0 bridgehead atoms. The summed E-state index contributed by atoms with van der Waals surface area (Å²) >= 11 is 0. The molecule has 0 unspecified atom stereocenters. The van der Waals surface area contributed by atoms with Crippen LogP contribution in [0.25, 0.3) is 0 Å². The minimum absolute atomic E-state index is 0.0183. The first-order valence-electron chi connectivity index (χ1n) is 12.0. The molecule has 0 saturated heterocycles. The Balaban J connectivity index is 1.94. The molecule has 0 amide bonds. The Labute approximate surface area is 202 Å². The largest absolute Gasteiger partial charge is 0.494 e. The SMILES string of the molecule is C=C(CO)C(=O)OCC(COC(=O)C(=C)CO)C1CCC(c2ccc(OCCCC)cc2)CC1. The third-order valence-electron chi connectivity index (χ3n) is 6.37. The average molecular weight is 475 g/mol. The van der Waals surface area contributed by atoms with Crippen molar-refractivity contribution in [1.82, 2.24) is 0 Å². The van der Waals surface area contributed by atoms with E-state index in [0.29, 0.717) is 5.92 Å². The zero-order valence-corrected chi connectivity index (χ0v) is 20.2. The van der Waals surface area contributed by atoms with Gasteiger partial charge in [0.1, 0.15) is 5.75 Å². The van der Waals surface area contributed by atoms with E-state index in [4.69, 9.17) is 24.4 Å². The van der Waals surface area contributed by atoms with Crippen molar-refractivity contribution in [2.45, 2.75) is 51.4 Å². The van der Waals surface area contributed by atoms with Gasteiger partial charge in [0.25, 0.3) is 0 Å². The topological polar surface area (TPSA) is 102 Å². The smallest absolute Gasteiger partial charge is 0.335 e. The first-order chi connectivity index (χ1) is 16.4. The maximum absolute atomic E-state index is 12.0. The minimum atomic E-state index is -0.659. The van der Waals surface area contributed by atoms with Crippen molar-refractivity contribution in [2.75, 3.05) is 33.0 Å². The van der Waals surface area contributed by atoms with Gasteiger partial charge in [-0.2, -0.15) is 0 Å². The number of aliphatic hydroxyl groups excluding tert-OH is 2. The molecule has 7 heteroatoms. The second kappa shape index (κ2) is 14.6. The summed E-state index contributed by atoms with van der Waals surface area (Å²) in [6.45, 7) is 9.03. The van der Waals surface area contributed by atoms with Crippen LogP contribution in [-0.4, -0.2) is 55.2 Å². The number of carbonyl (C=O) groups excluding carboxylic acids is 2. The average Bonchev–Trinajstić information content (AvgIpc) is 2.88. The molecular weight excluding hydrogens is 436 g/mol. The van der Waals surface area contributed by atoms with Crippen molar-refractivity contribution in [2.24, 2.45) is 11.8 Å². The zero-order valence-electron chi connectivity index (χ0n) is 20.2. The van der Waals surface area contributed by atoms with Crippen LogP contribution in [0.2, 0.25) is 0 Å². The Kier molecular flexibility index (Phi) is 11.8. The maximum atomic E-state index is 12.0. The molecule has 0 aliphatic heterocycles. The molecule has 1 fully saturated rings. The number of hydrogen-bond acceptors (Lipinski definition) is 7. The van der Waals surface area contributed by atoms with Crippen LogP contribution in [0.5, 0.6) is 5.75 Å². The highest BCUT2D eigenvalue weighted by molar-refractivity contribution is 5.88. The lowest BCUT2D eigenvalue weighted by Gasteiger charge is -2.33. The van der Waals surface area contributed by atoms with Gasteiger partial charge in [-0.15, -0.1) is 0 Å². The van der Waals surface area contributed by atoms with E-state index in [1.54, 1.807) is 0 Å². The molecule has 1 aliphatic carbocycles. The highest BCUT2D eigenvalue weighted by Crippen LogP contribution is 2.39. The molecule has 0 atom stereocenters. The van der Waals surface area contributed by atoms with Gasteiger partial charge in [0.2, 0.25) is 0 Å². The highest BCUT2D eigenvalue weighted by atomic mass is 16.5. The van der Waals surface area contributed by atoms with E-state index < -0.39 is 25.2 Å². The highest BCUT2D eigenvalue weighted by Gasteiger charge is 2.30. The van der Waals surface area contributed by atoms with Gasteiger partial charge in [0.15, 0.2) is 0 Å². The maximum Gasteiger partial charge on any atom is 0.335 e. The van der Waals surface area contributed by atoms with Crippen molar-refractivity contribution >= 4 is 11.9 Å². The Morgan fingerprint density at radius 3 is 1.94 bits per heavy atom. The quantitative estimate of drug-likeness (QED) is 0.239. The van der Waals surface area contributed by atoms with Crippen LogP contribution in [0.4, 0.5) is 0 Å². The summed E-state index contributed by atoms with van der Waals surface area (Å²) in [5.74, 6) is 0.0278. The molecule has 0 spiro atoms. The van der Waals surface area contributed by atoms with E-state index in [-0.39, 0.29) is 36.2 Å². The van der Waals surface area contributed by atoms with Crippen LogP contribution in [-0.2, 0) is 19.1 Å². The molecule has 2 N–H and O–H groups in total. The van der Waals surface area contributed by atoms with Crippen LogP contribution >= 0.6 is 0 Å². The number of hydrogen-bond donors (Lipinski definition) is 2. The summed E-state index contributed by atoms with van der Waals surface area (Å²) in [5.41, 5.74) is 1.25. The van der Waals surface area contributed by atoms with Gasteiger partial charge in [-0.05, 0) is 61.6 Å². The molecule has 1 aliphatic rings. The first-order valence-corrected chi connectivity index (χ1v) is 12.0. The van der Waals surface area contributed by atoms with Crippen molar-refractivity contribution in [1.29, 1.82) is 0 Å². The van der Waals surface area contributed by atoms with E-state index in [0.717, 1.165) is 50.9 Å². The van der Waals surface area contributed by atoms with Gasteiger partial charge in [0, 0.05) is 5.92 Å². The summed E-state index contributed by atoms with van der Waals surface area (Å²) in [6.07, 6.45) is 5.91. The first kappa shape index (κ1) is 27.6. The van der Waals surface area contributed by atoms with Gasteiger partial charge in [-0.25, -0.2) is 9.59 Å². The Bertz CT molecular complexity index is 775. The molecule has 1 aromatic carbocycles. The number of aliphatic hydroxyl groups is 2. The second-order valence-electron chi connectivity index (χ2n) is 8.86. The van der Waals surface area contributed by atoms with Gasteiger partial charge in [-0.3, -0.25) is 0 Å². The molecular formula is C27H38O7. The second-order valence-corrected chi connectivity index (χ2v) is 8.86. The summed E-state index contributed by atoms with van der Waals surface area (Å²) in [6, 6.07) is 8.32. The molecule has 0 radical (unpaired) electrons. The van der Waals surface area contributed by atoms with Crippen molar-refractivity contribution in [3.8, 4) is 5.75 Å². The van der Waals surface area contributed by atoms with Crippen LogP contribution in [0, 0.1) is 11.8 Å².